The fourth-order valence-corrected chi connectivity index (χ4v) is 1.76. The van der Waals surface area contributed by atoms with Gasteiger partial charge in [0.2, 0.25) is 5.91 Å². The van der Waals surface area contributed by atoms with Gasteiger partial charge in [0.05, 0.1) is 6.54 Å². The Bertz CT molecular complexity index is 210. The van der Waals surface area contributed by atoms with Crippen LogP contribution in [0, 0.1) is 0 Å². The summed E-state index contributed by atoms with van der Waals surface area (Å²) in [6.07, 6.45) is 0. The lowest BCUT2D eigenvalue weighted by Gasteiger charge is -2.37. The van der Waals surface area contributed by atoms with Gasteiger partial charge in [0, 0.05) is 39.3 Å². The van der Waals surface area contributed by atoms with Gasteiger partial charge in [-0.05, 0) is 14.1 Å². The fraction of sp³-hybridized carbons (Fsp3) is 0.900. The molecule has 0 aromatic heterocycles. The molecule has 5 heteroatoms. The summed E-state index contributed by atoms with van der Waals surface area (Å²) in [6, 6.07) is 0.508. The van der Waals surface area contributed by atoms with Gasteiger partial charge >= 0.3 is 0 Å². The average molecular weight is 214 g/mol. The van der Waals surface area contributed by atoms with Crippen LogP contribution >= 0.6 is 0 Å². The van der Waals surface area contributed by atoms with Gasteiger partial charge in [0.25, 0.3) is 0 Å². The maximum Gasteiger partial charge on any atom is 0.233 e. The zero-order valence-electron chi connectivity index (χ0n) is 9.92. The van der Waals surface area contributed by atoms with E-state index < -0.39 is 0 Å². The molecule has 1 aliphatic rings. The van der Waals surface area contributed by atoms with Crippen LogP contribution in [0.2, 0.25) is 0 Å². The molecule has 0 radical (unpaired) electrons. The normalized spacial score (nSPS) is 24.1. The van der Waals surface area contributed by atoms with Crippen molar-refractivity contribution in [2.45, 2.75) is 6.04 Å². The van der Waals surface area contributed by atoms with Crippen LogP contribution in [0.15, 0.2) is 0 Å². The molecule has 1 rings (SSSR count). The third-order valence-electron chi connectivity index (χ3n) is 2.92. The van der Waals surface area contributed by atoms with Gasteiger partial charge in [-0.15, -0.1) is 0 Å². The molecule has 0 bridgehead atoms. The van der Waals surface area contributed by atoms with Gasteiger partial charge < -0.3 is 15.5 Å². The minimum absolute atomic E-state index is 0.0433. The first-order chi connectivity index (χ1) is 7.13. The number of amides is 1. The van der Waals surface area contributed by atoms with Crippen LogP contribution in [0.3, 0.4) is 0 Å². The Labute approximate surface area is 91.8 Å². The summed E-state index contributed by atoms with van der Waals surface area (Å²) in [5.41, 5.74) is 0. The average Bonchev–Trinajstić information content (AvgIpc) is 2.23. The second-order valence-corrected chi connectivity index (χ2v) is 4.20. The van der Waals surface area contributed by atoms with Crippen molar-refractivity contribution in [3.63, 3.8) is 0 Å². The van der Waals surface area contributed by atoms with E-state index in [2.05, 4.69) is 34.5 Å². The van der Waals surface area contributed by atoms with Crippen LogP contribution in [-0.4, -0.2) is 75.6 Å². The number of nitrogens with zero attached hydrogens (tertiary/aromatic N) is 2. The Morgan fingerprint density at radius 2 is 2.13 bits per heavy atom. The van der Waals surface area contributed by atoms with Crippen molar-refractivity contribution in [3.8, 4) is 0 Å². The van der Waals surface area contributed by atoms with Crippen molar-refractivity contribution >= 4 is 5.91 Å². The zero-order valence-corrected chi connectivity index (χ0v) is 9.92. The summed E-state index contributed by atoms with van der Waals surface area (Å²) >= 11 is 0. The van der Waals surface area contributed by atoms with Gasteiger partial charge in [-0.25, -0.2) is 0 Å². The number of piperazine rings is 1. The summed E-state index contributed by atoms with van der Waals surface area (Å²) < 4.78 is 0. The quantitative estimate of drug-likeness (QED) is 0.602. The van der Waals surface area contributed by atoms with Crippen molar-refractivity contribution in [1.82, 2.24) is 20.4 Å². The molecule has 1 fully saturated rings. The monoisotopic (exact) mass is 214 g/mol. The molecule has 1 atom stereocenters. The third kappa shape index (κ3) is 4.15. The summed E-state index contributed by atoms with van der Waals surface area (Å²) in [5.74, 6) is 0.0433. The molecule has 0 aromatic carbocycles. The first-order valence-electron chi connectivity index (χ1n) is 5.43. The van der Waals surface area contributed by atoms with Crippen molar-refractivity contribution in [1.29, 1.82) is 0 Å². The first kappa shape index (κ1) is 12.4. The van der Waals surface area contributed by atoms with Crippen LogP contribution in [0.1, 0.15) is 0 Å². The Kier molecular flexibility index (Phi) is 5.01. The van der Waals surface area contributed by atoms with Crippen molar-refractivity contribution < 1.29 is 4.79 Å². The molecule has 0 aliphatic carbocycles. The van der Waals surface area contributed by atoms with Crippen LogP contribution in [0.25, 0.3) is 0 Å². The number of rotatable bonds is 4. The van der Waals surface area contributed by atoms with Gasteiger partial charge in [0.1, 0.15) is 0 Å². The molecule has 0 aromatic rings. The highest BCUT2D eigenvalue weighted by Crippen LogP contribution is 2.04. The van der Waals surface area contributed by atoms with Gasteiger partial charge in [-0.1, -0.05) is 0 Å². The second-order valence-electron chi connectivity index (χ2n) is 4.20. The molecule has 5 nitrogen and oxygen atoms in total. The third-order valence-corrected chi connectivity index (χ3v) is 2.92. The second kappa shape index (κ2) is 6.05. The number of hydrogen-bond acceptors (Lipinski definition) is 4. The van der Waals surface area contributed by atoms with E-state index >= 15 is 0 Å². The maximum atomic E-state index is 11.0. The standard InChI is InChI=1S/C10H22N4O/c1-11-10(15)7-12-6-9-8-13(2)4-5-14(9)3/h9,12H,4-8H2,1-3H3,(H,11,15). The number of carbonyl (C=O) groups is 1. The van der Waals surface area contributed by atoms with E-state index in [-0.39, 0.29) is 5.91 Å². The van der Waals surface area contributed by atoms with E-state index in [1.165, 1.54) is 0 Å². The van der Waals surface area contributed by atoms with E-state index in [0.717, 1.165) is 26.2 Å². The SMILES string of the molecule is CNC(=O)CNCC1CN(C)CCN1C. The van der Waals surface area contributed by atoms with E-state index in [1.54, 1.807) is 7.05 Å². The molecule has 1 amide bonds. The zero-order chi connectivity index (χ0) is 11.3. The molecule has 2 N–H and O–H groups in total. The summed E-state index contributed by atoms with van der Waals surface area (Å²) in [7, 11) is 5.93. The minimum Gasteiger partial charge on any atom is -0.358 e. The molecule has 1 aliphatic heterocycles. The van der Waals surface area contributed by atoms with Gasteiger partial charge in [-0.3, -0.25) is 9.69 Å². The Morgan fingerprint density at radius 3 is 2.80 bits per heavy atom. The van der Waals surface area contributed by atoms with Crippen LogP contribution in [0.5, 0.6) is 0 Å². The van der Waals surface area contributed by atoms with Crippen molar-refractivity contribution in [2.24, 2.45) is 0 Å². The highest BCUT2D eigenvalue weighted by Gasteiger charge is 2.21. The smallest absolute Gasteiger partial charge is 0.233 e. The first-order valence-corrected chi connectivity index (χ1v) is 5.43. The van der Waals surface area contributed by atoms with E-state index in [0.29, 0.717) is 12.6 Å². The van der Waals surface area contributed by atoms with E-state index in [1.807, 2.05) is 0 Å². The largest absolute Gasteiger partial charge is 0.358 e. The highest BCUT2D eigenvalue weighted by atomic mass is 16.1. The molecule has 1 unspecified atom stereocenters. The summed E-state index contributed by atoms with van der Waals surface area (Å²) in [4.78, 5) is 15.7. The topological polar surface area (TPSA) is 47.6 Å². The fourth-order valence-electron chi connectivity index (χ4n) is 1.76. The Hall–Kier alpha value is -0.650. The highest BCUT2D eigenvalue weighted by molar-refractivity contribution is 5.77. The molecule has 88 valence electrons. The van der Waals surface area contributed by atoms with Crippen LogP contribution in [0.4, 0.5) is 0 Å². The summed E-state index contributed by atoms with van der Waals surface area (Å²) in [6.45, 7) is 4.57. The number of nitrogens with one attached hydrogen (secondary N) is 2. The van der Waals surface area contributed by atoms with Crippen LogP contribution in [-0.2, 0) is 4.79 Å². The Balaban J connectivity index is 2.21. The minimum atomic E-state index is 0.0433. The number of hydrogen-bond donors (Lipinski definition) is 2. The molecular weight excluding hydrogens is 192 g/mol. The molecular formula is C10H22N4O. The number of carbonyl (C=O) groups excluding carboxylic acids is 1. The molecule has 0 spiro atoms. The maximum absolute atomic E-state index is 11.0. The predicted octanol–water partition coefficient (Wildman–Crippen LogP) is -1.43. The number of likely N-dealkylation sites (N-methyl/N-ethyl adjacent to an activating group) is 3. The van der Waals surface area contributed by atoms with Crippen molar-refractivity contribution in [2.75, 3.05) is 53.9 Å². The van der Waals surface area contributed by atoms with Gasteiger partial charge in [-0.2, -0.15) is 0 Å². The lowest BCUT2D eigenvalue weighted by Crippen LogP contribution is -2.54. The van der Waals surface area contributed by atoms with Crippen molar-refractivity contribution in [3.05, 3.63) is 0 Å². The molecule has 15 heavy (non-hydrogen) atoms. The van der Waals surface area contributed by atoms with Gasteiger partial charge in [0.15, 0.2) is 0 Å². The predicted molar refractivity (Wildman–Crippen MR) is 60.9 cm³/mol. The van der Waals surface area contributed by atoms with Crippen LogP contribution < -0.4 is 10.6 Å². The lowest BCUT2D eigenvalue weighted by molar-refractivity contribution is -0.119. The summed E-state index contributed by atoms with van der Waals surface area (Å²) in [5, 5.41) is 5.77. The molecule has 1 heterocycles. The molecule has 1 saturated heterocycles. The molecule has 0 saturated carbocycles. The van der Waals surface area contributed by atoms with E-state index in [4.69, 9.17) is 0 Å². The lowest BCUT2D eigenvalue weighted by atomic mass is 10.2. The van der Waals surface area contributed by atoms with E-state index in [9.17, 15) is 4.79 Å². The Morgan fingerprint density at radius 1 is 1.40 bits per heavy atom.